The fourth-order valence-corrected chi connectivity index (χ4v) is 3.83. The summed E-state index contributed by atoms with van der Waals surface area (Å²) in [6.45, 7) is 2.22. The second-order valence-corrected chi connectivity index (χ2v) is 7.23. The number of likely N-dealkylation sites (tertiary alicyclic amines) is 1. The second kappa shape index (κ2) is 9.41. The van der Waals surface area contributed by atoms with Gasteiger partial charge in [0.25, 0.3) is 5.91 Å². The number of carbonyl (C=O) groups excluding carboxylic acids is 3. The molecule has 1 saturated heterocycles. The normalized spacial score (nSPS) is 15.8. The molecule has 0 saturated carbocycles. The van der Waals surface area contributed by atoms with E-state index in [0.717, 1.165) is 17.8 Å². The van der Waals surface area contributed by atoms with Crippen LogP contribution in [-0.2, 0) is 9.53 Å². The second-order valence-electron chi connectivity index (χ2n) is 6.23. The summed E-state index contributed by atoms with van der Waals surface area (Å²) in [4.78, 5) is 37.7. The molecular formula is C18H20FN5O4S. The quantitative estimate of drug-likeness (QED) is 0.692. The number of nitrogens with zero attached hydrogens (tertiary/aromatic N) is 3. The third-order valence-electron chi connectivity index (χ3n) is 4.21. The maximum atomic E-state index is 13.3. The molecule has 1 aromatic heterocycles. The molecule has 3 rings (SSSR count). The van der Waals surface area contributed by atoms with Gasteiger partial charge in [-0.2, -0.15) is 0 Å². The van der Waals surface area contributed by atoms with Crippen LogP contribution in [0.5, 0.6) is 0 Å². The van der Waals surface area contributed by atoms with Crippen molar-refractivity contribution in [2.45, 2.75) is 25.8 Å². The molecule has 2 heterocycles. The van der Waals surface area contributed by atoms with Crippen LogP contribution in [0.2, 0.25) is 0 Å². The Morgan fingerprint density at radius 2 is 2.17 bits per heavy atom. The van der Waals surface area contributed by atoms with Crippen molar-refractivity contribution in [3.63, 3.8) is 0 Å². The van der Waals surface area contributed by atoms with Gasteiger partial charge in [-0.3, -0.25) is 9.59 Å². The summed E-state index contributed by atoms with van der Waals surface area (Å²) in [5.74, 6) is -1.48. The predicted octanol–water partition coefficient (Wildman–Crippen LogP) is 2.34. The zero-order valence-corrected chi connectivity index (χ0v) is 16.5. The third kappa shape index (κ3) is 5.25. The van der Waals surface area contributed by atoms with E-state index in [9.17, 15) is 18.8 Å². The largest absolute Gasteiger partial charge is 0.465 e. The van der Waals surface area contributed by atoms with E-state index < -0.39 is 23.7 Å². The first kappa shape index (κ1) is 20.6. The van der Waals surface area contributed by atoms with E-state index in [1.165, 1.54) is 18.2 Å². The number of hydrogen-bond acceptors (Lipinski definition) is 7. The molecule has 0 radical (unpaired) electrons. The van der Waals surface area contributed by atoms with Crippen LogP contribution in [0.3, 0.4) is 0 Å². The highest BCUT2D eigenvalue weighted by molar-refractivity contribution is 7.13. The lowest BCUT2D eigenvalue weighted by atomic mass is 10.2. The molecule has 1 aliphatic heterocycles. The average molecular weight is 421 g/mol. The SMILES string of the molecule is CCOC(=O)CNC(=O)N1CCCC1c1nnc(C(=O)Nc2cccc(F)c2)s1. The molecule has 1 atom stereocenters. The maximum Gasteiger partial charge on any atom is 0.325 e. The molecule has 1 fully saturated rings. The van der Waals surface area contributed by atoms with Crippen molar-refractivity contribution in [3.8, 4) is 0 Å². The maximum absolute atomic E-state index is 13.3. The number of anilines is 1. The summed E-state index contributed by atoms with van der Waals surface area (Å²) in [7, 11) is 0. The molecule has 2 N–H and O–H groups in total. The van der Waals surface area contributed by atoms with Crippen LogP contribution in [0, 0.1) is 5.82 Å². The highest BCUT2D eigenvalue weighted by atomic mass is 32.1. The van der Waals surface area contributed by atoms with E-state index in [4.69, 9.17) is 4.74 Å². The van der Waals surface area contributed by atoms with Crippen LogP contribution in [0.4, 0.5) is 14.9 Å². The zero-order valence-electron chi connectivity index (χ0n) is 15.7. The summed E-state index contributed by atoms with van der Waals surface area (Å²) >= 11 is 1.07. The number of rotatable bonds is 6. The van der Waals surface area contributed by atoms with Gasteiger partial charge in [0.2, 0.25) is 5.01 Å². The Hall–Kier alpha value is -3.08. The van der Waals surface area contributed by atoms with E-state index in [1.54, 1.807) is 17.9 Å². The lowest BCUT2D eigenvalue weighted by Crippen LogP contribution is -2.42. The molecule has 29 heavy (non-hydrogen) atoms. The van der Waals surface area contributed by atoms with Crippen LogP contribution >= 0.6 is 11.3 Å². The van der Waals surface area contributed by atoms with E-state index in [0.29, 0.717) is 23.7 Å². The van der Waals surface area contributed by atoms with Crippen LogP contribution in [0.15, 0.2) is 24.3 Å². The number of esters is 1. The van der Waals surface area contributed by atoms with Gasteiger partial charge in [0, 0.05) is 12.2 Å². The van der Waals surface area contributed by atoms with Crippen molar-refractivity contribution < 1.29 is 23.5 Å². The Kier molecular flexibility index (Phi) is 6.70. The van der Waals surface area contributed by atoms with E-state index in [-0.39, 0.29) is 24.2 Å². The number of aromatic nitrogens is 2. The van der Waals surface area contributed by atoms with Gasteiger partial charge in [0.1, 0.15) is 17.4 Å². The molecule has 1 aliphatic rings. The monoisotopic (exact) mass is 421 g/mol. The van der Waals surface area contributed by atoms with E-state index in [2.05, 4.69) is 20.8 Å². The topological polar surface area (TPSA) is 114 Å². The number of carbonyl (C=O) groups is 3. The van der Waals surface area contributed by atoms with Crippen molar-refractivity contribution in [1.82, 2.24) is 20.4 Å². The molecule has 1 aromatic carbocycles. The molecule has 154 valence electrons. The van der Waals surface area contributed by atoms with Crippen molar-refractivity contribution >= 4 is 34.9 Å². The first-order chi connectivity index (χ1) is 14.0. The molecule has 3 amide bonds. The van der Waals surface area contributed by atoms with Crippen molar-refractivity contribution in [3.05, 3.63) is 40.1 Å². The van der Waals surface area contributed by atoms with Crippen molar-refractivity contribution in [2.75, 3.05) is 25.0 Å². The van der Waals surface area contributed by atoms with Gasteiger partial charge in [0.15, 0.2) is 0 Å². The van der Waals surface area contributed by atoms with Crippen LogP contribution in [0.25, 0.3) is 0 Å². The molecule has 0 spiro atoms. The lowest BCUT2D eigenvalue weighted by molar-refractivity contribution is -0.141. The number of benzene rings is 1. The fourth-order valence-electron chi connectivity index (χ4n) is 2.94. The molecule has 2 aromatic rings. The molecule has 0 bridgehead atoms. The van der Waals surface area contributed by atoms with Gasteiger partial charge < -0.3 is 20.3 Å². The Bertz CT molecular complexity index is 906. The minimum Gasteiger partial charge on any atom is -0.465 e. The predicted molar refractivity (Wildman–Crippen MR) is 103 cm³/mol. The van der Waals surface area contributed by atoms with Gasteiger partial charge >= 0.3 is 12.0 Å². The summed E-state index contributed by atoms with van der Waals surface area (Å²) in [6.07, 6.45) is 1.44. The molecule has 1 unspecified atom stereocenters. The van der Waals surface area contributed by atoms with Crippen LogP contribution in [-0.4, -0.2) is 52.7 Å². The van der Waals surface area contributed by atoms with Gasteiger partial charge in [0.05, 0.1) is 12.6 Å². The van der Waals surface area contributed by atoms with Crippen molar-refractivity contribution in [2.24, 2.45) is 0 Å². The number of hydrogen-bond donors (Lipinski definition) is 2. The third-order valence-corrected chi connectivity index (χ3v) is 5.23. The molecule has 9 nitrogen and oxygen atoms in total. The van der Waals surface area contributed by atoms with Gasteiger partial charge in [-0.25, -0.2) is 9.18 Å². The minimum absolute atomic E-state index is 0.114. The van der Waals surface area contributed by atoms with Crippen LogP contribution < -0.4 is 10.6 Å². The Balaban J connectivity index is 1.63. The zero-order chi connectivity index (χ0) is 20.8. The Labute approximate surface area is 170 Å². The number of urea groups is 1. The molecular weight excluding hydrogens is 401 g/mol. The summed E-state index contributed by atoms with van der Waals surface area (Å²) < 4.78 is 18.0. The fraction of sp³-hybridized carbons (Fsp3) is 0.389. The lowest BCUT2D eigenvalue weighted by Gasteiger charge is -2.22. The first-order valence-electron chi connectivity index (χ1n) is 9.08. The van der Waals surface area contributed by atoms with Crippen LogP contribution in [0.1, 0.15) is 40.6 Å². The minimum atomic E-state index is -0.510. The number of nitrogens with one attached hydrogen (secondary N) is 2. The van der Waals surface area contributed by atoms with Gasteiger partial charge in [-0.15, -0.1) is 10.2 Å². The van der Waals surface area contributed by atoms with Crippen molar-refractivity contribution in [1.29, 1.82) is 0 Å². The number of ether oxygens (including phenoxy) is 1. The number of amides is 3. The summed E-state index contributed by atoms with van der Waals surface area (Å²) in [5.41, 5.74) is 0.313. The smallest absolute Gasteiger partial charge is 0.325 e. The van der Waals surface area contributed by atoms with Gasteiger partial charge in [-0.1, -0.05) is 17.4 Å². The molecule has 11 heteroatoms. The standard InChI is InChI=1S/C18H20FN5O4S/c1-2-28-14(25)10-20-18(27)24-8-4-7-13(24)16-22-23-17(29-16)15(26)21-12-6-3-5-11(19)9-12/h3,5-6,9,13H,2,4,7-8,10H2,1H3,(H,20,27)(H,21,26). The first-order valence-corrected chi connectivity index (χ1v) is 9.90. The summed E-state index contributed by atoms with van der Waals surface area (Å²) in [6, 6.07) is 4.80. The number of halogens is 1. The Morgan fingerprint density at radius 3 is 2.93 bits per heavy atom. The Morgan fingerprint density at radius 1 is 1.34 bits per heavy atom. The molecule has 0 aliphatic carbocycles. The van der Waals surface area contributed by atoms with Gasteiger partial charge in [-0.05, 0) is 38.0 Å². The highest BCUT2D eigenvalue weighted by Crippen LogP contribution is 2.33. The average Bonchev–Trinajstić information content (AvgIpc) is 3.35. The summed E-state index contributed by atoms with van der Waals surface area (Å²) in [5, 5.41) is 13.7. The van der Waals surface area contributed by atoms with E-state index in [1.807, 2.05) is 0 Å². The van der Waals surface area contributed by atoms with E-state index >= 15 is 0 Å². The highest BCUT2D eigenvalue weighted by Gasteiger charge is 2.33.